The van der Waals surface area contributed by atoms with E-state index in [0.29, 0.717) is 32.2 Å². The van der Waals surface area contributed by atoms with Gasteiger partial charge in [-0.3, -0.25) is 19.2 Å². The van der Waals surface area contributed by atoms with Crippen molar-refractivity contribution < 1.29 is 52.4 Å². The van der Waals surface area contributed by atoms with Crippen molar-refractivity contribution in [2.45, 2.75) is 200 Å². The molecule has 0 heterocycles. The minimum absolute atomic E-state index is 0.0205. The lowest BCUT2D eigenvalue weighted by molar-refractivity contribution is -0.167. The van der Waals surface area contributed by atoms with Gasteiger partial charge in [0.1, 0.15) is 25.9 Å². The number of carbonyl (C=O) groups is 5. The maximum Gasteiger partial charge on any atom is 0.508 e. The smallest absolute Gasteiger partial charge is 0.466 e. The SMILES string of the molecule is CCCCCCCCCCCCC(CCOC(=O)CCC(=O)OC(COC(=O)CCCCCCC)COC(=O)CCCCCCC)OC(=O)OCCN(C)C. The summed E-state index contributed by atoms with van der Waals surface area (Å²) in [4.78, 5) is 64.1. The van der Waals surface area contributed by atoms with E-state index >= 15 is 0 Å². The van der Waals surface area contributed by atoms with Crippen molar-refractivity contribution in [3.05, 3.63) is 0 Å². The zero-order valence-corrected chi connectivity index (χ0v) is 35.5. The molecule has 55 heavy (non-hydrogen) atoms. The number of likely N-dealkylation sites (N-methyl/N-ethyl adjacent to an activating group) is 1. The molecule has 12 nitrogen and oxygen atoms in total. The first-order valence-corrected chi connectivity index (χ1v) is 21.8. The highest BCUT2D eigenvalue weighted by atomic mass is 16.7. The minimum atomic E-state index is -0.988. The van der Waals surface area contributed by atoms with Crippen LogP contribution in [0.4, 0.5) is 4.79 Å². The fourth-order valence-electron chi connectivity index (χ4n) is 5.81. The van der Waals surface area contributed by atoms with Gasteiger partial charge < -0.3 is 33.3 Å². The molecule has 0 fully saturated rings. The summed E-state index contributed by atoms with van der Waals surface area (Å²) in [5.41, 5.74) is 0. The monoisotopic (exact) mass is 786 g/mol. The topological polar surface area (TPSA) is 144 Å². The van der Waals surface area contributed by atoms with Crippen LogP contribution in [0.3, 0.4) is 0 Å². The molecule has 1 atom stereocenters. The molecule has 0 bridgehead atoms. The molecule has 322 valence electrons. The number of esters is 4. The van der Waals surface area contributed by atoms with Crippen molar-refractivity contribution in [2.24, 2.45) is 0 Å². The van der Waals surface area contributed by atoms with Crippen molar-refractivity contribution in [1.82, 2.24) is 4.90 Å². The zero-order valence-electron chi connectivity index (χ0n) is 35.5. The van der Waals surface area contributed by atoms with Crippen molar-refractivity contribution in [3.63, 3.8) is 0 Å². The molecule has 0 aliphatic carbocycles. The predicted octanol–water partition coefficient (Wildman–Crippen LogP) is 9.81. The van der Waals surface area contributed by atoms with Gasteiger partial charge in [-0.15, -0.1) is 0 Å². The number of unbranched alkanes of at least 4 members (excludes halogenated alkanes) is 17. The average Bonchev–Trinajstić information content (AvgIpc) is 3.15. The van der Waals surface area contributed by atoms with Crippen LogP contribution in [0, 0.1) is 0 Å². The maximum absolute atomic E-state index is 12.7. The molecule has 1 unspecified atom stereocenters. The van der Waals surface area contributed by atoms with E-state index in [1.807, 2.05) is 19.0 Å². The Morgan fingerprint density at radius 2 is 0.855 bits per heavy atom. The van der Waals surface area contributed by atoms with Crippen LogP contribution in [0.25, 0.3) is 0 Å². The molecule has 0 aliphatic heterocycles. The second kappa shape index (κ2) is 38.0. The van der Waals surface area contributed by atoms with Crippen molar-refractivity contribution in [1.29, 1.82) is 0 Å². The minimum Gasteiger partial charge on any atom is -0.466 e. The number of rotatable bonds is 38. The fourth-order valence-corrected chi connectivity index (χ4v) is 5.81. The molecule has 0 radical (unpaired) electrons. The summed E-state index contributed by atoms with van der Waals surface area (Å²) in [6, 6.07) is 0. The lowest BCUT2D eigenvalue weighted by Crippen LogP contribution is -2.31. The lowest BCUT2D eigenvalue weighted by atomic mass is 10.0. The third-order valence-electron chi connectivity index (χ3n) is 9.26. The molecular formula is C43H79NO11. The van der Waals surface area contributed by atoms with Crippen LogP contribution in [-0.2, 0) is 47.6 Å². The molecule has 0 aromatic rings. The van der Waals surface area contributed by atoms with Crippen molar-refractivity contribution in [2.75, 3.05) is 47.1 Å². The van der Waals surface area contributed by atoms with Gasteiger partial charge in [0.15, 0.2) is 6.10 Å². The molecule has 0 saturated carbocycles. The Kier molecular flexibility index (Phi) is 36.0. The Morgan fingerprint density at radius 1 is 0.418 bits per heavy atom. The first kappa shape index (κ1) is 52.1. The van der Waals surface area contributed by atoms with E-state index in [4.69, 9.17) is 28.4 Å². The Labute approximate surface area is 333 Å². The van der Waals surface area contributed by atoms with Gasteiger partial charge in [-0.1, -0.05) is 130 Å². The van der Waals surface area contributed by atoms with Crippen molar-refractivity contribution in [3.8, 4) is 0 Å². The third-order valence-corrected chi connectivity index (χ3v) is 9.26. The average molecular weight is 786 g/mol. The van der Waals surface area contributed by atoms with E-state index in [0.717, 1.165) is 70.6 Å². The first-order valence-electron chi connectivity index (χ1n) is 21.8. The summed E-state index contributed by atoms with van der Waals surface area (Å²) in [5.74, 6) is -2.10. The summed E-state index contributed by atoms with van der Waals surface area (Å²) in [7, 11) is 3.77. The Morgan fingerprint density at radius 3 is 1.35 bits per heavy atom. The van der Waals surface area contributed by atoms with Gasteiger partial charge in [0.05, 0.1) is 19.4 Å². The van der Waals surface area contributed by atoms with Crippen LogP contribution >= 0.6 is 0 Å². The summed E-state index contributed by atoms with van der Waals surface area (Å²) >= 11 is 0. The molecule has 0 amide bonds. The van der Waals surface area contributed by atoms with Crippen molar-refractivity contribution >= 4 is 30.0 Å². The van der Waals surface area contributed by atoms with Crippen LogP contribution in [-0.4, -0.2) is 94.2 Å². The second-order valence-electron chi connectivity index (χ2n) is 14.9. The van der Waals surface area contributed by atoms with Crippen LogP contribution in [0.15, 0.2) is 0 Å². The maximum atomic E-state index is 12.7. The summed E-state index contributed by atoms with van der Waals surface area (Å²) in [6.07, 6.45) is 20.6. The van der Waals surface area contributed by atoms with Gasteiger partial charge in [0.2, 0.25) is 0 Å². The quantitative estimate of drug-likeness (QED) is 0.0334. The Bertz CT molecular complexity index is 944. The van der Waals surface area contributed by atoms with Gasteiger partial charge in [-0.05, 0) is 39.8 Å². The number of hydrogen-bond donors (Lipinski definition) is 0. The molecule has 0 aliphatic rings. The molecule has 0 aromatic carbocycles. The molecular weight excluding hydrogens is 706 g/mol. The number of ether oxygens (including phenoxy) is 6. The van der Waals surface area contributed by atoms with Gasteiger partial charge in [0, 0.05) is 25.8 Å². The second-order valence-corrected chi connectivity index (χ2v) is 14.9. The van der Waals surface area contributed by atoms with Crippen LogP contribution in [0.2, 0.25) is 0 Å². The van der Waals surface area contributed by atoms with E-state index in [1.165, 1.54) is 44.9 Å². The number of carbonyl (C=O) groups excluding carboxylic acids is 5. The lowest BCUT2D eigenvalue weighted by Gasteiger charge is -2.19. The molecule has 12 heteroatoms. The predicted molar refractivity (Wildman–Crippen MR) is 215 cm³/mol. The first-order chi connectivity index (χ1) is 26.6. The van der Waals surface area contributed by atoms with Gasteiger partial charge in [-0.2, -0.15) is 0 Å². The van der Waals surface area contributed by atoms with E-state index < -0.39 is 42.2 Å². The number of nitrogens with zero attached hydrogens (tertiary/aromatic N) is 1. The molecule has 0 rings (SSSR count). The highest BCUT2D eigenvalue weighted by Crippen LogP contribution is 2.16. The van der Waals surface area contributed by atoms with Crippen LogP contribution in [0.5, 0.6) is 0 Å². The van der Waals surface area contributed by atoms with Crippen LogP contribution < -0.4 is 0 Å². The van der Waals surface area contributed by atoms with E-state index in [2.05, 4.69) is 20.8 Å². The molecule has 0 aromatic heterocycles. The van der Waals surface area contributed by atoms with E-state index in [-0.39, 0.29) is 52.1 Å². The third kappa shape index (κ3) is 36.5. The van der Waals surface area contributed by atoms with Gasteiger partial charge in [0.25, 0.3) is 0 Å². The highest BCUT2D eigenvalue weighted by Gasteiger charge is 2.21. The standard InChI is InChI=1S/C43H79NO11/c1-6-9-12-15-16-17-18-19-22-23-26-37(55-43(49)51-34-32-44(4)5)31-33-50-41(47)29-30-42(48)54-38(35-52-39(45)27-24-20-13-10-7-2)36-53-40(46)28-25-21-14-11-8-3/h37-38H,6-36H2,1-5H3. The normalized spacial score (nSPS) is 11.7. The molecule has 0 N–H and O–H groups in total. The molecule has 0 saturated heterocycles. The number of hydrogen-bond acceptors (Lipinski definition) is 12. The summed E-state index contributed by atoms with van der Waals surface area (Å²) in [6.45, 7) is 6.80. The largest absolute Gasteiger partial charge is 0.508 e. The van der Waals surface area contributed by atoms with Crippen LogP contribution in [0.1, 0.15) is 188 Å². The summed E-state index contributed by atoms with van der Waals surface area (Å²) in [5, 5.41) is 0. The fraction of sp³-hybridized carbons (Fsp3) is 0.884. The van der Waals surface area contributed by atoms with Gasteiger partial charge in [-0.25, -0.2) is 4.79 Å². The van der Waals surface area contributed by atoms with E-state index in [9.17, 15) is 24.0 Å². The Hall–Kier alpha value is -2.89. The zero-order chi connectivity index (χ0) is 40.8. The molecule has 0 spiro atoms. The highest BCUT2D eigenvalue weighted by molar-refractivity contribution is 5.77. The van der Waals surface area contributed by atoms with E-state index in [1.54, 1.807) is 0 Å². The summed E-state index contributed by atoms with van der Waals surface area (Å²) < 4.78 is 32.3. The Balaban J connectivity index is 4.84. The van der Waals surface area contributed by atoms with Gasteiger partial charge >= 0.3 is 30.0 Å².